The van der Waals surface area contributed by atoms with Crippen LogP contribution >= 0.6 is 0 Å². The molecule has 0 fully saturated rings. The molecule has 0 unspecified atom stereocenters. The molecule has 0 saturated carbocycles. The van der Waals surface area contributed by atoms with Crippen LogP contribution in [0.3, 0.4) is 0 Å². The highest BCUT2D eigenvalue weighted by Crippen LogP contribution is 2.28. The summed E-state index contributed by atoms with van der Waals surface area (Å²) < 4.78 is 0. The summed E-state index contributed by atoms with van der Waals surface area (Å²) in [7, 11) is 0. The molecule has 6 nitrogen and oxygen atoms in total. The topological polar surface area (TPSA) is 77.3 Å². The van der Waals surface area contributed by atoms with Crippen LogP contribution in [0.1, 0.15) is 11.1 Å². The number of rotatable bonds is 5. The molecule has 0 aliphatic heterocycles. The predicted octanol–water partition coefficient (Wildman–Crippen LogP) is 4.65. The van der Waals surface area contributed by atoms with Crippen molar-refractivity contribution in [3.63, 3.8) is 0 Å². The van der Waals surface area contributed by atoms with E-state index in [-0.39, 0.29) is 0 Å². The normalized spacial score (nSPS) is 10.7. The number of aromatic nitrogens is 6. The third kappa shape index (κ3) is 4.33. The Morgan fingerprint density at radius 3 is 1.74 bits per heavy atom. The standard InChI is InChI=1S/C25H18N6/c1-2-6-20(7-3-1)22-11-19(12-23(13-22)25-30-16-27-17-31-25)9-18-5-4-8-21(10-18)24-28-14-26-15-29-24/h1-8,10-17H,9H2. The summed E-state index contributed by atoms with van der Waals surface area (Å²) in [5.74, 6) is 1.33. The van der Waals surface area contributed by atoms with Crippen LogP contribution in [0, 0.1) is 0 Å². The van der Waals surface area contributed by atoms with Gasteiger partial charge in [0.2, 0.25) is 0 Å². The molecule has 5 rings (SSSR count). The van der Waals surface area contributed by atoms with Gasteiger partial charge < -0.3 is 0 Å². The van der Waals surface area contributed by atoms with Crippen molar-refractivity contribution >= 4 is 0 Å². The zero-order valence-corrected chi connectivity index (χ0v) is 16.6. The van der Waals surface area contributed by atoms with E-state index in [9.17, 15) is 0 Å². The van der Waals surface area contributed by atoms with Crippen molar-refractivity contribution < 1.29 is 0 Å². The van der Waals surface area contributed by atoms with E-state index in [1.807, 2.05) is 30.3 Å². The highest BCUT2D eigenvalue weighted by molar-refractivity contribution is 5.71. The van der Waals surface area contributed by atoms with Gasteiger partial charge in [-0.1, -0.05) is 54.6 Å². The largest absolute Gasteiger partial charge is 0.225 e. The van der Waals surface area contributed by atoms with E-state index < -0.39 is 0 Å². The summed E-state index contributed by atoms with van der Waals surface area (Å²) in [4.78, 5) is 25.0. The fourth-order valence-corrected chi connectivity index (χ4v) is 3.55. The first-order valence-corrected chi connectivity index (χ1v) is 9.88. The first-order chi connectivity index (χ1) is 15.3. The minimum Gasteiger partial charge on any atom is -0.225 e. The highest BCUT2D eigenvalue weighted by atomic mass is 15.0. The smallest absolute Gasteiger partial charge is 0.162 e. The van der Waals surface area contributed by atoms with Gasteiger partial charge in [-0.05, 0) is 46.9 Å². The monoisotopic (exact) mass is 402 g/mol. The molecule has 0 atom stereocenters. The third-order valence-corrected chi connectivity index (χ3v) is 4.94. The Hall–Kier alpha value is -4.32. The molecule has 0 aliphatic carbocycles. The average molecular weight is 402 g/mol. The van der Waals surface area contributed by atoms with Crippen molar-refractivity contribution in [2.24, 2.45) is 0 Å². The highest BCUT2D eigenvalue weighted by Gasteiger charge is 2.09. The Bertz CT molecular complexity index is 1230. The maximum atomic E-state index is 4.34. The van der Waals surface area contributed by atoms with E-state index in [1.165, 1.54) is 36.4 Å². The number of benzene rings is 3. The molecule has 0 aliphatic rings. The Balaban J connectivity index is 1.55. The minimum absolute atomic E-state index is 0.660. The van der Waals surface area contributed by atoms with Crippen LogP contribution in [0.25, 0.3) is 33.9 Å². The Kier molecular flexibility index (Phi) is 5.18. The molecule has 2 aromatic heterocycles. The molecule has 0 amide bonds. The van der Waals surface area contributed by atoms with Gasteiger partial charge >= 0.3 is 0 Å². The molecular weight excluding hydrogens is 384 g/mol. The van der Waals surface area contributed by atoms with Crippen molar-refractivity contribution in [1.29, 1.82) is 0 Å². The van der Waals surface area contributed by atoms with Crippen LogP contribution in [0.4, 0.5) is 0 Å². The van der Waals surface area contributed by atoms with Crippen LogP contribution in [-0.2, 0) is 6.42 Å². The second kappa shape index (κ2) is 8.59. The molecule has 0 saturated heterocycles. The summed E-state index contributed by atoms with van der Waals surface area (Å²) >= 11 is 0. The molecule has 0 spiro atoms. The zero-order valence-electron chi connectivity index (χ0n) is 16.6. The first kappa shape index (κ1) is 18.7. The lowest BCUT2D eigenvalue weighted by molar-refractivity contribution is 1.05. The second-order valence-electron chi connectivity index (χ2n) is 7.09. The van der Waals surface area contributed by atoms with Gasteiger partial charge in [-0.3, -0.25) is 0 Å². The van der Waals surface area contributed by atoms with Crippen LogP contribution in [0.5, 0.6) is 0 Å². The van der Waals surface area contributed by atoms with Crippen molar-refractivity contribution in [3.05, 3.63) is 109 Å². The van der Waals surface area contributed by atoms with Gasteiger partial charge in [0.15, 0.2) is 11.6 Å². The molecular formula is C25H18N6. The lowest BCUT2D eigenvalue weighted by Gasteiger charge is -2.11. The average Bonchev–Trinajstić information content (AvgIpc) is 2.86. The van der Waals surface area contributed by atoms with Gasteiger partial charge in [0.1, 0.15) is 25.3 Å². The van der Waals surface area contributed by atoms with Gasteiger partial charge in [-0.15, -0.1) is 0 Å². The minimum atomic E-state index is 0.660. The Labute approximate surface area is 179 Å². The fraction of sp³-hybridized carbons (Fsp3) is 0.0400. The molecule has 0 radical (unpaired) electrons. The van der Waals surface area contributed by atoms with Crippen LogP contribution in [0.15, 0.2) is 98.1 Å². The summed E-state index contributed by atoms with van der Waals surface area (Å²) in [6, 6.07) is 25.1. The van der Waals surface area contributed by atoms with Crippen molar-refractivity contribution in [2.75, 3.05) is 0 Å². The van der Waals surface area contributed by atoms with Gasteiger partial charge in [0.25, 0.3) is 0 Å². The van der Waals surface area contributed by atoms with Crippen LogP contribution < -0.4 is 0 Å². The van der Waals surface area contributed by atoms with E-state index in [0.29, 0.717) is 11.6 Å². The van der Waals surface area contributed by atoms with Gasteiger partial charge in [0, 0.05) is 11.1 Å². The lowest BCUT2D eigenvalue weighted by atomic mass is 9.95. The third-order valence-electron chi connectivity index (χ3n) is 4.94. The first-order valence-electron chi connectivity index (χ1n) is 9.88. The Morgan fingerprint density at radius 1 is 0.452 bits per heavy atom. The lowest BCUT2D eigenvalue weighted by Crippen LogP contribution is -1.95. The summed E-state index contributed by atoms with van der Waals surface area (Å²) in [5.41, 5.74) is 6.55. The van der Waals surface area contributed by atoms with E-state index >= 15 is 0 Å². The molecule has 2 heterocycles. The molecule has 148 valence electrons. The quantitative estimate of drug-likeness (QED) is 0.426. The molecule has 3 aromatic carbocycles. The number of nitrogens with zero attached hydrogens (tertiary/aromatic N) is 6. The molecule has 0 bridgehead atoms. The summed E-state index contributed by atoms with van der Waals surface area (Å²) in [6.45, 7) is 0. The van der Waals surface area contributed by atoms with Crippen molar-refractivity contribution in [1.82, 2.24) is 29.9 Å². The van der Waals surface area contributed by atoms with Crippen molar-refractivity contribution in [2.45, 2.75) is 6.42 Å². The SMILES string of the molecule is c1ccc(-c2cc(Cc3cccc(-c4ncncn4)c3)cc(-c3ncncn3)c2)cc1. The van der Waals surface area contributed by atoms with Gasteiger partial charge in [-0.25, -0.2) is 29.9 Å². The predicted molar refractivity (Wildman–Crippen MR) is 119 cm³/mol. The second-order valence-corrected chi connectivity index (χ2v) is 7.09. The fourth-order valence-electron chi connectivity index (χ4n) is 3.55. The molecule has 31 heavy (non-hydrogen) atoms. The maximum Gasteiger partial charge on any atom is 0.162 e. The molecule has 6 heteroatoms. The van der Waals surface area contributed by atoms with E-state index in [0.717, 1.165) is 28.7 Å². The van der Waals surface area contributed by atoms with E-state index in [4.69, 9.17) is 0 Å². The van der Waals surface area contributed by atoms with E-state index in [2.05, 4.69) is 72.4 Å². The summed E-state index contributed by atoms with van der Waals surface area (Å²) in [6.07, 6.45) is 6.83. The Morgan fingerprint density at radius 2 is 1.03 bits per heavy atom. The maximum absolute atomic E-state index is 4.34. The molecule has 5 aromatic rings. The summed E-state index contributed by atoms with van der Waals surface area (Å²) in [5, 5.41) is 0. The van der Waals surface area contributed by atoms with Gasteiger partial charge in [0.05, 0.1) is 0 Å². The van der Waals surface area contributed by atoms with Crippen LogP contribution in [-0.4, -0.2) is 29.9 Å². The van der Waals surface area contributed by atoms with E-state index in [1.54, 1.807) is 0 Å². The number of hydrogen-bond donors (Lipinski definition) is 0. The van der Waals surface area contributed by atoms with Crippen LogP contribution in [0.2, 0.25) is 0 Å². The number of hydrogen-bond acceptors (Lipinski definition) is 6. The zero-order chi connectivity index (χ0) is 20.9. The van der Waals surface area contributed by atoms with Crippen molar-refractivity contribution in [3.8, 4) is 33.9 Å². The molecule has 0 N–H and O–H groups in total. The van der Waals surface area contributed by atoms with Gasteiger partial charge in [-0.2, -0.15) is 0 Å².